The zero-order valence-corrected chi connectivity index (χ0v) is 14.1. The van der Waals surface area contributed by atoms with Crippen LogP contribution in [0.1, 0.15) is 0 Å². The van der Waals surface area contributed by atoms with E-state index in [4.69, 9.17) is 9.47 Å². The molecule has 1 rings (SSSR count). The van der Waals surface area contributed by atoms with Gasteiger partial charge in [-0.15, -0.1) is 6.58 Å². The lowest BCUT2D eigenvalue weighted by molar-refractivity contribution is -0.138. The summed E-state index contributed by atoms with van der Waals surface area (Å²) in [6.07, 6.45) is 3.19. The Morgan fingerprint density at radius 1 is 0.769 bits per heavy atom. The molecule has 0 aliphatic heterocycles. The van der Waals surface area contributed by atoms with Gasteiger partial charge in [-0.2, -0.15) is 0 Å². The summed E-state index contributed by atoms with van der Waals surface area (Å²) in [4.78, 5) is 59.2. The van der Waals surface area contributed by atoms with Crippen LogP contribution in [0.15, 0.2) is 52.3 Å². The van der Waals surface area contributed by atoms with Gasteiger partial charge in [0.1, 0.15) is 13.2 Å². The summed E-state index contributed by atoms with van der Waals surface area (Å²) in [6, 6.07) is 0. The summed E-state index contributed by atoms with van der Waals surface area (Å²) in [5.74, 6) is -1.43. The summed E-state index contributed by atoms with van der Waals surface area (Å²) >= 11 is 0. The van der Waals surface area contributed by atoms with E-state index in [0.717, 1.165) is 25.9 Å². The fourth-order valence-corrected chi connectivity index (χ4v) is 1.94. The first kappa shape index (κ1) is 20.6. The first-order chi connectivity index (χ1) is 12.4. The van der Waals surface area contributed by atoms with Crippen LogP contribution in [-0.4, -0.2) is 38.9 Å². The number of nitrogens with zero attached hydrogens (tertiary/aromatic N) is 3. The number of hydrogen-bond acceptors (Lipinski definition) is 7. The molecule has 0 aliphatic rings. The summed E-state index contributed by atoms with van der Waals surface area (Å²) in [7, 11) is 0. The molecule has 0 unspecified atom stereocenters. The monoisotopic (exact) mass is 365 g/mol. The van der Waals surface area contributed by atoms with E-state index < -0.39 is 29.0 Å². The Balaban J connectivity index is 3.22. The van der Waals surface area contributed by atoms with Crippen LogP contribution in [-0.2, 0) is 38.7 Å². The number of aromatic nitrogens is 3. The second-order valence-corrected chi connectivity index (χ2v) is 4.79. The Labute approximate surface area is 147 Å². The van der Waals surface area contributed by atoms with Crippen molar-refractivity contribution in [2.45, 2.75) is 19.6 Å². The maximum atomic E-state index is 12.4. The molecule has 1 aromatic heterocycles. The number of carbonyl (C=O) groups is 2. The van der Waals surface area contributed by atoms with Gasteiger partial charge in [0.15, 0.2) is 0 Å². The van der Waals surface area contributed by atoms with Crippen LogP contribution < -0.4 is 17.1 Å². The van der Waals surface area contributed by atoms with Crippen LogP contribution in [0, 0.1) is 0 Å². The number of rotatable bonds is 10. The third kappa shape index (κ3) is 5.03. The van der Waals surface area contributed by atoms with E-state index in [2.05, 4.69) is 19.7 Å². The second kappa shape index (κ2) is 9.77. The molecule has 0 spiro atoms. The predicted octanol–water partition coefficient (Wildman–Crippen LogP) is -1.18. The molecule has 0 fully saturated rings. The fourth-order valence-electron chi connectivity index (χ4n) is 1.94. The van der Waals surface area contributed by atoms with Crippen LogP contribution >= 0.6 is 0 Å². The SMILES string of the molecule is C=CCn1c(=O)n(CCOC(=O)C=C)c(=O)n(CCOC(=O)C=C)c1=O. The molecule has 0 saturated carbocycles. The van der Waals surface area contributed by atoms with Crippen LogP contribution in [0.4, 0.5) is 0 Å². The molecule has 10 nitrogen and oxygen atoms in total. The second-order valence-electron chi connectivity index (χ2n) is 4.79. The number of allylic oxidation sites excluding steroid dienone is 1. The highest BCUT2D eigenvalue weighted by molar-refractivity contribution is 5.81. The molecule has 1 heterocycles. The van der Waals surface area contributed by atoms with E-state index in [1.54, 1.807) is 0 Å². The van der Waals surface area contributed by atoms with E-state index in [-0.39, 0.29) is 32.8 Å². The van der Waals surface area contributed by atoms with E-state index >= 15 is 0 Å². The largest absolute Gasteiger partial charge is 0.461 e. The van der Waals surface area contributed by atoms with Crippen molar-refractivity contribution in [1.82, 2.24) is 13.7 Å². The van der Waals surface area contributed by atoms with Gasteiger partial charge in [0.25, 0.3) is 0 Å². The van der Waals surface area contributed by atoms with Crippen LogP contribution in [0.5, 0.6) is 0 Å². The zero-order chi connectivity index (χ0) is 19.7. The molecule has 0 atom stereocenters. The Kier molecular flexibility index (Phi) is 7.74. The molecule has 140 valence electrons. The molecule has 1 aromatic rings. The molecular formula is C16H19N3O7. The third-order valence-corrected chi connectivity index (χ3v) is 3.15. The van der Waals surface area contributed by atoms with Gasteiger partial charge in [-0.25, -0.2) is 37.7 Å². The van der Waals surface area contributed by atoms with Crippen molar-refractivity contribution in [2.75, 3.05) is 13.2 Å². The van der Waals surface area contributed by atoms with Crippen molar-refractivity contribution in [3.63, 3.8) is 0 Å². The number of carbonyl (C=O) groups excluding carboxylic acids is 2. The van der Waals surface area contributed by atoms with Crippen molar-refractivity contribution in [2.24, 2.45) is 0 Å². The summed E-state index contributed by atoms with van der Waals surface area (Å²) in [5.41, 5.74) is -2.65. The zero-order valence-electron chi connectivity index (χ0n) is 14.1. The molecule has 0 bridgehead atoms. The molecule has 0 radical (unpaired) electrons. The third-order valence-electron chi connectivity index (χ3n) is 3.15. The lowest BCUT2D eigenvalue weighted by Gasteiger charge is -2.13. The maximum absolute atomic E-state index is 12.4. The van der Waals surface area contributed by atoms with Gasteiger partial charge in [-0.1, -0.05) is 19.2 Å². The van der Waals surface area contributed by atoms with Crippen LogP contribution in [0.2, 0.25) is 0 Å². The quantitative estimate of drug-likeness (QED) is 0.291. The first-order valence-electron chi connectivity index (χ1n) is 7.51. The van der Waals surface area contributed by atoms with E-state index in [1.165, 1.54) is 6.08 Å². The summed E-state index contributed by atoms with van der Waals surface area (Å²) in [5, 5.41) is 0. The average Bonchev–Trinajstić information content (AvgIpc) is 2.63. The average molecular weight is 365 g/mol. The lowest BCUT2D eigenvalue weighted by Crippen LogP contribution is -2.55. The molecule has 0 saturated heterocycles. The van der Waals surface area contributed by atoms with Gasteiger partial charge in [0.2, 0.25) is 0 Å². The van der Waals surface area contributed by atoms with Crippen LogP contribution in [0.25, 0.3) is 0 Å². The lowest BCUT2D eigenvalue weighted by atomic mass is 10.5. The molecule has 0 amide bonds. The minimum absolute atomic E-state index is 0.128. The normalized spacial score (nSPS) is 10.0. The standard InChI is InChI=1S/C16H19N3O7/c1-4-7-17-14(22)18(8-10-25-12(20)5-2)16(24)19(15(17)23)9-11-26-13(21)6-3/h4-6H,1-3,7-11H2. The molecule has 0 aliphatic carbocycles. The van der Waals surface area contributed by atoms with Crippen molar-refractivity contribution in [1.29, 1.82) is 0 Å². The number of ether oxygens (including phenoxy) is 2. The fraction of sp³-hybridized carbons (Fsp3) is 0.312. The van der Waals surface area contributed by atoms with Gasteiger partial charge in [-0.3, -0.25) is 0 Å². The maximum Gasteiger partial charge on any atom is 0.336 e. The minimum atomic E-state index is -0.912. The Morgan fingerprint density at radius 3 is 1.50 bits per heavy atom. The van der Waals surface area contributed by atoms with Crippen LogP contribution in [0.3, 0.4) is 0 Å². The van der Waals surface area contributed by atoms with Crippen molar-refractivity contribution in [3.05, 3.63) is 69.4 Å². The smallest absolute Gasteiger partial charge is 0.336 e. The Morgan fingerprint density at radius 2 is 1.15 bits per heavy atom. The van der Waals surface area contributed by atoms with E-state index in [9.17, 15) is 24.0 Å². The molecule has 10 heteroatoms. The molecule has 0 aromatic carbocycles. The molecule has 0 N–H and O–H groups in total. The highest BCUT2D eigenvalue weighted by Gasteiger charge is 2.15. The molecular weight excluding hydrogens is 346 g/mol. The Hall–Kier alpha value is -3.43. The summed E-state index contributed by atoms with van der Waals surface area (Å²) < 4.78 is 11.8. The number of hydrogen-bond donors (Lipinski definition) is 0. The van der Waals surface area contributed by atoms with Gasteiger partial charge in [0.05, 0.1) is 19.6 Å². The highest BCUT2D eigenvalue weighted by atomic mass is 16.5. The van der Waals surface area contributed by atoms with Gasteiger partial charge in [-0.05, 0) is 0 Å². The first-order valence-corrected chi connectivity index (χ1v) is 7.51. The van der Waals surface area contributed by atoms with Crippen molar-refractivity contribution >= 4 is 11.9 Å². The summed E-state index contributed by atoms with van der Waals surface area (Å²) in [6.45, 7) is 8.72. The molecule has 26 heavy (non-hydrogen) atoms. The predicted molar refractivity (Wildman–Crippen MR) is 91.7 cm³/mol. The van der Waals surface area contributed by atoms with Crippen molar-refractivity contribution in [3.8, 4) is 0 Å². The van der Waals surface area contributed by atoms with Gasteiger partial charge in [0, 0.05) is 12.2 Å². The van der Waals surface area contributed by atoms with Gasteiger partial charge < -0.3 is 9.47 Å². The number of esters is 2. The van der Waals surface area contributed by atoms with Crippen molar-refractivity contribution < 1.29 is 19.1 Å². The van der Waals surface area contributed by atoms with E-state index in [1.807, 2.05) is 0 Å². The van der Waals surface area contributed by atoms with E-state index in [0.29, 0.717) is 0 Å². The minimum Gasteiger partial charge on any atom is -0.461 e. The topological polar surface area (TPSA) is 119 Å². The highest BCUT2D eigenvalue weighted by Crippen LogP contribution is 1.85. The van der Waals surface area contributed by atoms with Gasteiger partial charge >= 0.3 is 29.0 Å². The Bertz CT molecular complexity index is 824.